The van der Waals surface area contributed by atoms with Crippen molar-refractivity contribution in [1.82, 2.24) is 14.7 Å². The number of likely N-dealkylation sites (tertiary alicyclic amines) is 1. The molecule has 3 N–H and O–H groups in total. The minimum absolute atomic E-state index is 0.138. The molecule has 8 heteroatoms. The molecule has 1 fully saturated rings. The van der Waals surface area contributed by atoms with Crippen LogP contribution in [0.2, 0.25) is 5.02 Å². The van der Waals surface area contributed by atoms with Crippen molar-refractivity contribution in [3.63, 3.8) is 0 Å². The minimum Gasteiger partial charge on any atom is -0.369 e. The summed E-state index contributed by atoms with van der Waals surface area (Å²) >= 11 is 5.91. The van der Waals surface area contributed by atoms with E-state index >= 15 is 0 Å². The quantitative estimate of drug-likeness (QED) is 0.834. The Kier molecular flexibility index (Phi) is 5.58. The summed E-state index contributed by atoms with van der Waals surface area (Å²) in [4.78, 5) is 25.7. The lowest BCUT2D eigenvalue weighted by molar-refractivity contribution is -0.125. The lowest BCUT2D eigenvalue weighted by atomic mass is 9.97. The predicted octanol–water partition coefficient (Wildman–Crippen LogP) is 1.88. The number of nitrogens with one attached hydrogen (secondary N) is 1. The Labute approximate surface area is 157 Å². The van der Waals surface area contributed by atoms with Crippen molar-refractivity contribution >= 4 is 29.2 Å². The lowest BCUT2D eigenvalue weighted by Gasteiger charge is -2.30. The Morgan fingerprint density at radius 2 is 2.08 bits per heavy atom. The molecule has 1 aromatic carbocycles. The van der Waals surface area contributed by atoms with Crippen molar-refractivity contribution in [3.8, 4) is 11.3 Å². The molecule has 7 nitrogen and oxygen atoms in total. The Morgan fingerprint density at radius 1 is 1.35 bits per heavy atom. The number of nitrogens with zero attached hydrogens (tertiary/aromatic N) is 3. The largest absolute Gasteiger partial charge is 0.369 e. The zero-order chi connectivity index (χ0) is 18.7. The highest BCUT2D eigenvalue weighted by Gasteiger charge is 2.25. The van der Waals surface area contributed by atoms with Crippen molar-refractivity contribution in [2.24, 2.45) is 18.7 Å². The SMILES string of the molecule is Cn1nc(-c2ccc(Cl)cc2)cc1NC(=O)CN1CCC[C@@H](C(N)=O)C1. The number of carbonyl (C=O) groups excluding carboxylic acids is 2. The van der Waals surface area contributed by atoms with Crippen molar-refractivity contribution in [2.45, 2.75) is 12.8 Å². The molecule has 1 aliphatic heterocycles. The number of piperidine rings is 1. The van der Waals surface area contributed by atoms with Gasteiger partial charge in [0.2, 0.25) is 11.8 Å². The van der Waals surface area contributed by atoms with Crippen LogP contribution >= 0.6 is 11.6 Å². The molecule has 138 valence electrons. The second-order valence-corrected chi connectivity index (χ2v) is 7.01. The van der Waals surface area contributed by atoms with Gasteiger partial charge in [-0.25, -0.2) is 0 Å². The molecule has 1 aromatic heterocycles. The fraction of sp³-hybridized carbons (Fsp3) is 0.389. The third kappa shape index (κ3) is 4.42. The molecule has 0 aliphatic carbocycles. The van der Waals surface area contributed by atoms with E-state index in [2.05, 4.69) is 10.4 Å². The monoisotopic (exact) mass is 375 g/mol. The van der Waals surface area contributed by atoms with Crippen LogP contribution in [-0.2, 0) is 16.6 Å². The number of anilines is 1. The summed E-state index contributed by atoms with van der Waals surface area (Å²) in [5, 5.41) is 7.97. The second-order valence-electron chi connectivity index (χ2n) is 6.57. The first kappa shape index (κ1) is 18.4. The van der Waals surface area contributed by atoms with Gasteiger partial charge >= 0.3 is 0 Å². The number of benzene rings is 1. The van der Waals surface area contributed by atoms with Gasteiger partial charge in [0.1, 0.15) is 5.82 Å². The number of hydrogen-bond acceptors (Lipinski definition) is 4. The number of nitrogens with two attached hydrogens (primary N) is 1. The van der Waals surface area contributed by atoms with Gasteiger partial charge in [0, 0.05) is 30.2 Å². The van der Waals surface area contributed by atoms with E-state index in [0.29, 0.717) is 17.4 Å². The summed E-state index contributed by atoms with van der Waals surface area (Å²) in [6, 6.07) is 9.19. The highest BCUT2D eigenvalue weighted by molar-refractivity contribution is 6.30. The van der Waals surface area contributed by atoms with Gasteiger partial charge in [-0.2, -0.15) is 5.10 Å². The first-order valence-electron chi connectivity index (χ1n) is 8.54. The summed E-state index contributed by atoms with van der Waals surface area (Å²) in [5.74, 6) is 0.00305. The third-order valence-corrected chi connectivity index (χ3v) is 4.81. The van der Waals surface area contributed by atoms with Gasteiger partial charge in [-0.1, -0.05) is 23.7 Å². The molecule has 0 radical (unpaired) electrons. The molecule has 2 heterocycles. The fourth-order valence-corrected chi connectivity index (χ4v) is 3.29. The third-order valence-electron chi connectivity index (χ3n) is 4.56. The van der Waals surface area contributed by atoms with Gasteiger partial charge in [-0.3, -0.25) is 19.2 Å². The van der Waals surface area contributed by atoms with E-state index in [4.69, 9.17) is 17.3 Å². The van der Waals surface area contributed by atoms with E-state index in [1.807, 2.05) is 23.1 Å². The average Bonchev–Trinajstić information content (AvgIpc) is 2.96. The molecule has 1 aliphatic rings. The zero-order valence-corrected chi connectivity index (χ0v) is 15.4. The van der Waals surface area contributed by atoms with E-state index < -0.39 is 0 Å². The normalized spacial score (nSPS) is 17.8. The van der Waals surface area contributed by atoms with Crippen LogP contribution in [0.5, 0.6) is 0 Å². The van der Waals surface area contributed by atoms with Crippen LogP contribution in [0.1, 0.15) is 12.8 Å². The molecule has 0 unspecified atom stereocenters. The summed E-state index contributed by atoms with van der Waals surface area (Å²) in [6.07, 6.45) is 1.66. The highest BCUT2D eigenvalue weighted by Crippen LogP contribution is 2.23. The molecule has 2 amide bonds. The summed E-state index contributed by atoms with van der Waals surface area (Å²) < 4.78 is 1.63. The number of hydrogen-bond donors (Lipinski definition) is 2. The van der Waals surface area contributed by atoms with Crippen molar-refractivity contribution in [2.75, 3.05) is 25.0 Å². The fourth-order valence-electron chi connectivity index (χ4n) is 3.16. The molecular weight excluding hydrogens is 354 g/mol. The maximum absolute atomic E-state index is 12.4. The standard InChI is InChI=1S/C18H22ClN5O2/c1-23-16(9-15(22-23)12-4-6-14(19)7-5-12)21-17(25)11-24-8-2-3-13(10-24)18(20)26/h4-7,9,13H,2-3,8,10-11H2,1H3,(H2,20,26)(H,21,25)/t13-/m1/s1. The molecular formula is C18H22ClN5O2. The topological polar surface area (TPSA) is 93.2 Å². The smallest absolute Gasteiger partial charge is 0.239 e. The van der Waals surface area contributed by atoms with Crippen molar-refractivity contribution < 1.29 is 9.59 Å². The van der Waals surface area contributed by atoms with Crippen molar-refractivity contribution in [1.29, 1.82) is 0 Å². The Balaban J connectivity index is 1.62. The average molecular weight is 376 g/mol. The number of halogens is 1. The van der Waals surface area contributed by atoms with E-state index in [1.54, 1.807) is 23.9 Å². The molecule has 0 spiro atoms. The van der Waals surface area contributed by atoms with Crippen LogP contribution in [0, 0.1) is 5.92 Å². The number of carbonyl (C=O) groups is 2. The first-order valence-corrected chi connectivity index (χ1v) is 8.91. The maximum atomic E-state index is 12.4. The zero-order valence-electron chi connectivity index (χ0n) is 14.6. The van der Waals surface area contributed by atoms with Crippen LogP contribution < -0.4 is 11.1 Å². The lowest BCUT2D eigenvalue weighted by Crippen LogP contribution is -2.44. The van der Waals surface area contributed by atoms with Crippen LogP contribution in [0.4, 0.5) is 5.82 Å². The summed E-state index contributed by atoms with van der Waals surface area (Å²) in [7, 11) is 1.78. The van der Waals surface area contributed by atoms with Gasteiger partial charge in [0.15, 0.2) is 0 Å². The van der Waals surface area contributed by atoms with E-state index in [-0.39, 0.29) is 24.3 Å². The Bertz CT molecular complexity index is 802. The van der Waals surface area contributed by atoms with Gasteiger partial charge in [-0.15, -0.1) is 0 Å². The first-order chi connectivity index (χ1) is 12.4. The maximum Gasteiger partial charge on any atom is 0.239 e. The van der Waals surface area contributed by atoms with Crippen LogP contribution in [-0.4, -0.2) is 46.1 Å². The molecule has 26 heavy (non-hydrogen) atoms. The number of amides is 2. The summed E-state index contributed by atoms with van der Waals surface area (Å²) in [6.45, 7) is 1.55. The van der Waals surface area contributed by atoms with Gasteiger partial charge in [-0.05, 0) is 31.5 Å². The second kappa shape index (κ2) is 7.88. The van der Waals surface area contributed by atoms with Crippen molar-refractivity contribution in [3.05, 3.63) is 35.4 Å². The minimum atomic E-state index is -0.297. The van der Waals surface area contributed by atoms with Gasteiger partial charge < -0.3 is 11.1 Å². The van der Waals surface area contributed by atoms with E-state index in [1.165, 1.54) is 0 Å². The molecule has 2 aromatic rings. The van der Waals surface area contributed by atoms with Gasteiger partial charge in [0.25, 0.3) is 0 Å². The Hall–Kier alpha value is -2.38. The Morgan fingerprint density at radius 3 is 2.77 bits per heavy atom. The predicted molar refractivity (Wildman–Crippen MR) is 101 cm³/mol. The molecule has 0 saturated carbocycles. The number of primary amides is 1. The number of aryl methyl sites for hydroxylation is 1. The molecule has 3 rings (SSSR count). The van der Waals surface area contributed by atoms with Crippen LogP contribution in [0.3, 0.4) is 0 Å². The molecule has 1 atom stereocenters. The van der Waals surface area contributed by atoms with E-state index in [0.717, 1.165) is 30.6 Å². The number of aromatic nitrogens is 2. The van der Waals surface area contributed by atoms with Crippen LogP contribution in [0.15, 0.2) is 30.3 Å². The number of rotatable bonds is 5. The molecule has 0 bridgehead atoms. The summed E-state index contributed by atoms with van der Waals surface area (Å²) in [5.41, 5.74) is 7.06. The van der Waals surface area contributed by atoms with E-state index in [9.17, 15) is 9.59 Å². The highest BCUT2D eigenvalue weighted by atomic mass is 35.5. The van der Waals surface area contributed by atoms with Crippen LogP contribution in [0.25, 0.3) is 11.3 Å². The van der Waals surface area contributed by atoms with Gasteiger partial charge in [0.05, 0.1) is 18.2 Å². The molecule has 1 saturated heterocycles.